The topological polar surface area (TPSA) is 118 Å². The van der Waals surface area contributed by atoms with Crippen LogP contribution < -0.4 is 18.9 Å². The van der Waals surface area contributed by atoms with Crippen LogP contribution >= 0.6 is 11.8 Å². The highest BCUT2D eigenvalue weighted by atomic mass is 32.2. The van der Waals surface area contributed by atoms with Gasteiger partial charge in [-0.1, -0.05) is 0 Å². The number of alkyl halides is 6. The van der Waals surface area contributed by atoms with Crippen molar-refractivity contribution in [1.82, 2.24) is 0 Å². The number of rotatable bonds is 9. The first kappa shape index (κ1) is 44.4. The molecule has 0 aromatic heterocycles. The van der Waals surface area contributed by atoms with Crippen LogP contribution in [0.15, 0.2) is 97.1 Å². The van der Waals surface area contributed by atoms with Crippen LogP contribution in [0.4, 0.5) is 26.3 Å². The first-order valence-corrected chi connectivity index (χ1v) is 17.4. The Bertz CT molecular complexity index is 1560. The third-order valence-corrected chi connectivity index (χ3v) is 7.73. The molecule has 3 unspecified atom stereocenters. The van der Waals surface area contributed by atoms with Crippen LogP contribution in [0, 0.1) is 0 Å². The molecule has 1 heterocycles. The van der Waals surface area contributed by atoms with Crippen molar-refractivity contribution < 1.29 is 65.7 Å². The molecular weight excluding hydrogens is 730 g/mol. The minimum absolute atomic E-state index is 0.0167. The van der Waals surface area contributed by atoms with Crippen LogP contribution in [0.1, 0.15) is 47.0 Å². The van der Waals surface area contributed by atoms with Gasteiger partial charge in [0.2, 0.25) is 0 Å². The summed E-state index contributed by atoms with van der Waals surface area (Å²) in [6.45, 7) is 6.20. The predicted octanol–water partition coefficient (Wildman–Crippen LogP) is 10.6. The summed E-state index contributed by atoms with van der Waals surface area (Å²) in [6.07, 6.45) is -9.83. The Balaban J connectivity index is 0.000000246. The molecule has 0 saturated carbocycles. The Morgan fingerprint density at radius 3 is 1.30 bits per heavy atom. The van der Waals surface area contributed by atoms with Crippen molar-refractivity contribution in [2.24, 2.45) is 0 Å². The Hall–Kier alpha value is -4.79. The fraction of sp³-hybridized carbons (Fsp3) is 0.368. The fourth-order valence-corrected chi connectivity index (χ4v) is 5.14. The normalized spacial score (nSPS) is 14.9. The molecule has 1 aliphatic heterocycles. The van der Waals surface area contributed by atoms with E-state index in [4.69, 9.17) is 34.6 Å². The SMILES string of the molecule is CC(C)Oc1ccc(O)cc1.CC(CC(F)(F)F)Oc1ccc(O)cc1.CC(Oc1ccc(O)cc1)C(F)(F)F.Oc1ccc(OC2CCCS2)cc1. The third kappa shape index (κ3) is 20.1. The van der Waals surface area contributed by atoms with E-state index >= 15 is 0 Å². The molecule has 0 amide bonds. The highest BCUT2D eigenvalue weighted by Crippen LogP contribution is 2.30. The van der Waals surface area contributed by atoms with Crippen molar-refractivity contribution >= 4 is 11.8 Å². The summed E-state index contributed by atoms with van der Waals surface area (Å²) < 4.78 is 92.6. The largest absolute Gasteiger partial charge is 0.508 e. The van der Waals surface area contributed by atoms with E-state index in [9.17, 15) is 26.3 Å². The Morgan fingerprint density at radius 1 is 0.585 bits per heavy atom. The van der Waals surface area contributed by atoms with Gasteiger partial charge in [-0.2, -0.15) is 26.3 Å². The second-order valence-electron chi connectivity index (χ2n) is 11.8. The average Bonchev–Trinajstić information content (AvgIpc) is 3.58. The van der Waals surface area contributed by atoms with E-state index in [1.54, 1.807) is 48.5 Å². The molecule has 292 valence electrons. The van der Waals surface area contributed by atoms with E-state index in [1.807, 2.05) is 25.6 Å². The molecule has 0 spiro atoms. The molecule has 5 rings (SSSR count). The van der Waals surface area contributed by atoms with Crippen molar-refractivity contribution in [3.63, 3.8) is 0 Å². The van der Waals surface area contributed by atoms with Crippen molar-refractivity contribution in [3.8, 4) is 46.0 Å². The second kappa shape index (κ2) is 21.7. The van der Waals surface area contributed by atoms with E-state index < -0.39 is 31.0 Å². The number of hydrogen-bond donors (Lipinski definition) is 4. The van der Waals surface area contributed by atoms with Gasteiger partial charge in [0.15, 0.2) is 6.10 Å². The molecule has 0 radical (unpaired) electrons. The Morgan fingerprint density at radius 2 is 0.962 bits per heavy atom. The molecule has 1 fully saturated rings. The van der Waals surface area contributed by atoms with E-state index in [-0.39, 0.29) is 34.9 Å². The zero-order valence-corrected chi connectivity index (χ0v) is 30.3. The summed E-state index contributed by atoms with van der Waals surface area (Å²) in [6, 6.07) is 24.2. The van der Waals surface area contributed by atoms with Gasteiger partial charge in [0.05, 0.1) is 12.5 Å². The van der Waals surface area contributed by atoms with E-state index in [2.05, 4.69) is 4.74 Å². The van der Waals surface area contributed by atoms with Gasteiger partial charge in [0, 0.05) is 0 Å². The number of aromatic hydroxyl groups is 4. The monoisotopic (exact) mass is 774 g/mol. The first-order chi connectivity index (χ1) is 24.8. The van der Waals surface area contributed by atoms with Gasteiger partial charge in [-0.3, -0.25) is 0 Å². The summed E-state index contributed by atoms with van der Waals surface area (Å²) in [7, 11) is 0. The van der Waals surface area contributed by atoms with Crippen LogP contribution in [-0.2, 0) is 0 Å². The van der Waals surface area contributed by atoms with Crippen LogP contribution in [0.3, 0.4) is 0 Å². The van der Waals surface area contributed by atoms with Crippen LogP contribution in [0.5, 0.6) is 46.0 Å². The fourth-order valence-electron chi connectivity index (χ4n) is 4.03. The van der Waals surface area contributed by atoms with E-state index in [0.717, 1.165) is 24.8 Å². The molecule has 4 N–H and O–H groups in total. The number of ether oxygens (including phenoxy) is 4. The Labute approximate surface area is 308 Å². The summed E-state index contributed by atoms with van der Waals surface area (Å²) in [5.74, 6) is 3.80. The number of phenolic OH excluding ortho intramolecular Hbond substituents is 4. The summed E-state index contributed by atoms with van der Waals surface area (Å²) in [5.41, 5.74) is 0.310. The van der Waals surface area contributed by atoms with Gasteiger partial charge in [-0.15, -0.1) is 11.8 Å². The molecule has 4 aromatic carbocycles. The molecule has 1 saturated heterocycles. The average molecular weight is 775 g/mol. The maximum atomic E-state index is 12.0. The van der Waals surface area contributed by atoms with Crippen molar-refractivity contribution in [3.05, 3.63) is 97.1 Å². The van der Waals surface area contributed by atoms with E-state index in [0.29, 0.717) is 11.2 Å². The van der Waals surface area contributed by atoms with Gasteiger partial charge >= 0.3 is 12.4 Å². The summed E-state index contributed by atoms with van der Waals surface area (Å²) in [5, 5.41) is 35.8. The van der Waals surface area contributed by atoms with Crippen LogP contribution in [0.2, 0.25) is 0 Å². The summed E-state index contributed by atoms with van der Waals surface area (Å²) >= 11 is 1.86. The third-order valence-electron chi connectivity index (χ3n) is 6.50. The number of halogens is 6. The lowest BCUT2D eigenvalue weighted by Crippen LogP contribution is -2.31. The number of benzene rings is 4. The molecule has 4 aromatic rings. The molecule has 3 atom stereocenters. The quantitative estimate of drug-likeness (QED) is 0.123. The van der Waals surface area contributed by atoms with Crippen molar-refractivity contribution in [2.75, 3.05) is 5.75 Å². The van der Waals surface area contributed by atoms with Crippen molar-refractivity contribution in [2.45, 2.75) is 83.1 Å². The van der Waals surface area contributed by atoms with E-state index in [1.165, 1.54) is 67.6 Å². The second-order valence-corrected chi connectivity index (χ2v) is 13.0. The molecule has 8 nitrogen and oxygen atoms in total. The van der Waals surface area contributed by atoms with Gasteiger partial charge in [0.25, 0.3) is 0 Å². The van der Waals surface area contributed by atoms with Crippen molar-refractivity contribution in [1.29, 1.82) is 0 Å². The number of hydrogen-bond acceptors (Lipinski definition) is 9. The smallest absolute Gasteiger partial charge is 0.425 e. The molecule has 53 heavy (non-hydrogen) atoms. The lowest BCUT2D eigenvalue weighted by Gasteiger charge is -2.17. The molecule has 0 aliphatic carbocycles. The summed E-state index contributed by atoms with van der Waals surface area (Å²) in [4.78, 5) is 0. The maximum Gasteiger partial charge on any atom is 0.425 e. The number of thioether (sulfide) groups is 1. The zero-order valence-electron chi connectivity index (χ0n) is 29.5. The highest BCUT2D eigenvalue weighted by Gasteiger charge is 2.38. The molecule has 0 bridgehead atoms. The number of phenols is 4. The Kier molecular flexibility index (Phi) is 18.1. The van der Waals surface area contributed by atoms with Gasteiger partial charge in [0.1, 0.15) is 57.5 Å². The predicted molar refractivity (Wildman–Crippen MR) is 191 cm³/mol. The molecule has 1 aliphatic rings. The molecule has 15 heteroatoms. The lowest BCUT2D eigenvalue weighted by molar-refractivity contribution is -0.189. The standard InChI is InChI=1S/C10H11F3O2.C10H12O2S.C9H9F3O2.C9H12O2/c1-7(6-10(11,12)13)15-9-4-2-8(14)3-5-9;11-8-3-5-9(6-4-8)12-10-2-1-7-13-10;1-6(9(10,11)12)14-8-4-2-7(13)3-5-8;1-7(2)11-9-5-3-8(10)4-6-9/h2-5,7,14H,6H2,1H3;3-6,10-11H,1-2,7H2;2-6,13H,1H3;3-7,10H,1-2H3. The van der Waals surface area contributed by atoms with Gasteiger partial charge in [-0.05, 0) is 143 Å². The molecular formula is C38H44F6O8S. The van der Waals surface area contributed by atoms with Crippen LogP contribution in [0.25, 0.3) is 0 Å². The minimum Gasteiger partial charge on any atom is -0.508 e. The first-order valence-electron chi connectivity index (χ1n) is 16.4. The lowest BCUT2D eigenvalue weighted by atomic mass is 10.2. The minimum atomic E-state index is -4.38. The maximum absolute atomic E-state index is 12.0. The highest BCUT2D eigenvalue weighted by molar-refractivity contribution is 8.00. The van der Waals surface area contributed by atoms with Crippen LogP contribution in [-0.4, -0.2) is 62.3 Å². The van der Waals surface area contributed by atoms with Gasteiger partial charge in [-0.25, -0.2) is 0 Å². The zero-order chi connectivity index (χ0) is 39.6. The van der Waals surface area contributed by atoms with Gasteiger partial charge < -0.3 is 39.4 Å².